The van der Waals surface area contributed by atoms with Crippen LogP contribution < -0.4 is 11.1 Å². The van der Waals surface area contributed by atoms with Crippen molar-refractivity contribution in [1.29, 1.82) is 0 Å². The van der Waals surface area contributed by atoms with E-state index >= 15 is 0 Å². The number of benzene rings is 3. The van der Waals surface area contributed by atoms with Gasteiger partial charge in [0.1, 0.15) is 0 Å². The van der Waals surface area contributed by atoms with Gasteiger partial charge in [0.2, 0.25) is 5.91 Å². The van der Waals surface area contributed by atoms with Crippen molar-refractivity contribution < 1.29 is 4.79 Å². The van der Waals surface area contributed by atoms with Gasteiger partial charge < -0.3 is 11.1 Å². The van der Waals surface area contributed by atoms with Crippen LogP contribution in [0.25, 0.3) is 0 Å². The number of aryl methyl sites for hydroxylation is 3. The van der Waals surface area contributed by atoms with Crippen LogP contribution in [-0.4, -0.2) is 11.9 Å². The van der Waals surface area contributed by atoms with Crippen molar-refractivity contribution in [3.63, 3.8) is 0 Å². The second kappa shape index (κ2) is 9.76. The zero-order valence-electron chi connectivity index (χ0n) is 21.2. The summed E-state index contributed by atoms with van der Waals surface area (Å²) in [5.74, 6) is -0.0662. The van der Waals surface area contributed by atoms with Gasteiger partial charge in [0.15, 0.2) is 0 Å². The normalized spacial score (nSPS) is 17.6. The number of hydrogen-bond acceptors (Lipinski definition) is 2. The minimum absolute atomic E-state index is 0.00231. The Balaban J connectivity index is 1.54. The lowest BCUT2D eigenvalue weighted by Crippen LogP contribution is -2.45. The van der Waals surface area contributed by atoms with Crippen molar-refractivity contribution >= 4 is 5.91 Å². The lowest BCUT2D eigenvalue weighted by Gasteiger charge is -2.38. The average Bonchev–Trinajstić information content (AvgIpc) is 2.78. The van der Waals surface area contributed by atoms with Gasteiger partial charge >= 0.3 is 0 Å². The van der Waals surface area contributed by atoms with Crippen molar-refractivity contribution in [2.24, 2.45) is 5.73 Å². The molecule has 0 aliphatic heterocycles. The number of nitrogens with two attached hydrogens (primary N) is 1. The van der Waals surface area contributed by atoms with Crippen molar-refractivity contribution in [1.82, 2.24) is 5.32 Å². The molecule has 178 valence electrons. The van der Waals surface area contributed by atoms with Gasteiger partial charge in [0.25, 0.3) is 0 Å². The number of rotatable bonds is 6. The maximum Gasteiger partial charge on any atom is 0.237 e. The molecule has 34 heavy (non-hydrogen) atoms. The number of carbonyl (C=O) groups is 1. The van der Waals surface area contributed by atoms with Gasteiger partial charge in [-0.1, -0.05) is 80.1 Å². The molecule has 1 aliphatic carbocycles. The zero-order chi connectivity index (χ0) is 24.5. The quantitative estimate of drug-likeness (QED) is 0.480. The molecule has 0 fully saturated rings. The van der Waals surface area contributed by atoms with Crippen LogP contribution in [0.5, 0.6) is 0 Å². The molecule has 0 radical (unpaired) electrons. The molecule has 0 saturated heterocycles. The van der Waals surface area contributed by atoms with Crippen LogP contribution >= 0.6 is 0 Å². The summed E-state index contributed by atoms with van der Waals surface area (Å²) in [7, 11) is 0. The van der Waals surface area contributed by atoms with Gasteiger partial charge in [-0.25, -0.2) is 0 Å². The maximum atomic E-state index is 13.2. The Morgan fingerprint density at radius 3 is 2.35 bits per heavy atom. The van der Waals surface area contributed by atoms with E-state index in [9.17, 15) is 4.79 Å². The van der Waals surface area contributed by atoms with Crippen molar-refractivity contribution in [3.05, 3.63) is 105 Å². The Bertz CT molecular complexity index is 1160. The van der Waals surface area contributed by atoms with E-state index in [1.54, 1.807) is 0 Å². The predicted molar refractivity (Wildman–Crippen MR) is 141 cm³/mol. The first-order valence-corrected chi connectivity index (χ1v) is 12.4. The van der Waals surface area contributed by atoms with Crippen molar-refractivity contribution in [2.45, 2.75) is 77.8 Å². The monoisotopic (exact) mass is 454 g/mol. The molecule has 3 aromatic rings. The summed E-state index contributed by atoms with van der Waals surface area (Å²) in [5, 5.41) is 3.31. The highest BCUT2D eigenvalue weighted by Gasteiger charge is 2.34. The third kappa shape index (κ3) is 5.26. The van der Waals surface area contributed by atoms with Crippen LogP contribution in [0.3, 0.4) is 0 Å². The van der Waals surface area contributed by atoms with Gasteiger partial charge in [-0.2, -0.15) is 0 Å². The molecule has 0 unspecified atom stereocenters. The predicted octanol–water partition coefficient (Wildman–Crippen LogP) is 6.00. The van der Waals surface area contributed by atoms with Crippen LogP contribution in [0.4, 0.5) is 0 Å². The minimum atomic E-state index is -0.564. The molecule has 2 atom stereocenters. The molecule has 1 amide bonds. The lowest BCUT2D eigenvalue weighted by molar-refractivity contribution is -0.123. The topological polar surface area (TPSA) is 55.1 Å². The van der Waals surface area contributed by atoms with Gasteiger partial charge in [0.05, 0.1) is 12.1 Å². The molecule has 0 bridgehead atoms. The zero-order valence-corrected chi connectivity index (χ0v) is 21.2. The molecule has 1 aliphatic rings. The largest absolute Gasteiger partial charge is 0.348 e. The highest BCUT2D eigenvalue weighted by Crippen LogP contribution is 2.42. The summed E-state index contributed by atoms with van der Waals surface area (Å²) < 4.78 is 0. The SMILES string of the molecule is Cc1cc(C)c(C[C@H](N)C(=O)N[C@@H]2CCC(C)(C)c3ccc(Cc4ccccc4)cc32)c(C)c1. The molecule has 3 aromatic carbocycles. The third-order valence-electron chi connectivity index (χ3n) is 7.45. The highest BCUT2D eigenvalue weighted by molar-refractivity contribution is 5.82. The number of fused-ring (bicyclic) bond motifs is 1. The fourth-order valence-corrected chi connectivity index (χ4v) is 5.53. The van der Waals surface area contributed by atoms with E-state index in [1.807, 2.05) is 6.07 Å². The fourth-order valence-electron chi connectivity index (χ4n) is 5.53. The van der Waals surface area contributed by atoms with E-state index in [0.29, 0.717) is 6.42 Å². The second-order valence-corrected chi connectivity index (χ2v) is 10.8. The number of hydrogen-bond donors (Lipinski definition) is 2. The highest BCUT2D eigenvalue weighted by atomic mass is 16.2. The minimum Gasteiger partial charge on any atom is -0.348 e. The van der Waals surface area contributed by atoms with Crippen molar-refractivity contribution in [3.8, 4) is 0 Å². The molecule has 0 spiro atoms. The van der Waals surface area contributed by atoms with Crippen LogP contribution in [0.15, 0.2) is 60.7 Å². The van der Waals surface area contributed by atoms with Crippen LogP contribution in [0, 0.1) is 20.8 Å². The van der Waals surface area contributed by atoms with Gasteiger partial charge in [-0.05, 0) is 90.8 Å². The van der Waals surface area contributed by atoms with Gasteiger partial charge in [-0.15, -0.1) is 0 Å². The first kappa shape index (κ1) is 24.2. The van der Waals surface area contributed by atoms with Gasteiger partial charge in [0, 0.05) is 0 Å². The molecule has 0 heterocycles. The van der Waals surface area contributed by atoms with Crippen LogP contribution in [0.1, 0.15) is 77.2 Å². The maximum absolute atomic E-state index is 13.2. The first-order valence-electron chi connectivity index (χ1n) is 12.4. The molecule has 3 N–H and O–H groups in total. The summed E-state index contributed by atoms with van der Waals surface area (Å²) >= 11 is 0. The molecular formula is C31H38N2O. The van der Waals surface area contributed by atoms with Crippen LogP contribution in [0.2, 0.25) is 0 Å². The number of amides is 1. The number of carbonyl (C=O) groups excluding carboxylic acids is 1. The van der Waals surface area contributed by atoms with Gasteiger partial charge in [-0.3, -0.25) is 4.79 Å². The Hall–Kier alpha value is -2.91. The van der Waals surface area contributed by atoms with E-state index < -0.39 is 6.04 Å². The molecule has 3 heteroatoms. The Kier molecular flexibility index (Phi) is 6.95. The van der Waals surface area contributed by atoms with E-state index in [2.05, 4.69) is 94.5 Å². The second-order valence-electron chi connectivity index (χ2n) is 10.8. The Morgan fingerprint density at radius 1 is 1.00 bits per heavy atom. The Labute approximate surface area is 204 Å². The van der Waals surface area contributed by atoms with E-state index in [4.69, 9.17) is 5.73 Å². The summed E-state index contributed by atoms with van der Waals surface area (Å²) in [5.41, 5.74) is 16.5. The summed E-state index contributed by atoms with van der Waals surface area (Å²) in [6, 6.07) is 21.1. The lowest BCUT2D eigenvalue weighted by atomic mass is 9.70. The van der Waals surface area contributed by atoms with E-state index in [0.717, 1.165) is 19.3 Å². The summed E-state index contributed by atoms with van der Waals surface area (Å²) in [4.78, 5) is 13.2. The van der Waals surface area contributed by atoms with Crippen molar-refractivity contribution in [2.75, 3.05) is 0 Å². The summed E-state index contributed by atoms with van der Waals surface area (Å²) in [6.07, 6.45) is 3.41. The standard InChI is InChI=1S/C31H38N2O/c1-20-15-21(2)25(22(3)16-20)19-28(32)30(34)33-29-13-14-31(4,5)27-12-11-24(18-26(27)29)17-23-9-7-6-8-10-23/h6-12,15-16,18,28-29H,13-14,17,19,32H2,1-5H3,(H,33,34)/t28-,29+/m0/s1. The molecule has 4 rings (SSSR count). The molecule has 3 nitrogen and oxygen atoms in total. The number of nitrogens with one attached hydrogen (secondary N) is 1. The molecule has 0 aromatic heterocycles. The fraction of sp³-hybridized carbons (Fsp3) is 0.387. The third-order valence-corrected chi connectivity index (χ3v) is 7.45. The van der Waals surface area contributed by atoms with E-state index in [-0.39, 0.29) is 17.4 Å². The molecule has 0 saturated carbocycles. The Morgan fingerprint density at radius 2 is 1.68 bits per heavy atom. The first-order chi connectivity index (χ1) is 16.1. The summed E-state index contributed by atoms with van der Waals surface area (Å²) in [6.45, 7) is 10.9. The smallest absolute Gasteiger partial charge is 0.237 e. The average molecular weight is 455 g/mol. The molecular weight excluding hydrogens is 416 g/mol. The van der Waals surface area contributed by atoms with E-state index in [1.165, 1.54) is 44.5 Å². The van der Waals surface area contributed by atoms with Crippen LogP contribution in [-0.2, 0) is 23.1 Å².